The van der Waals surface area contributed by atoms with E-state index in [2.05, 4.69) is 10.3 Å². The Bertz CT molecular complexity index is 615. The van der Waals surface area contributed by atoms with Gasteiger partial charge in [0.1, 0.15) is 12.1 Å². The number of hydrogen-bond acceptors (Lipinski definition) is 5. The van der Waals surface area contributed by atoms with Crippen LogP contribution >= 0.6 is 0 Å². The van der Waals surface area contributed by atoms with E-state index in [1.165, 1.54) is 0 Å². The first-order chi connectivity index (χ1) is 13.4. The number of cyclic esters (lactones) is 1. The maximum atomic E-state index is 12.3. The third kappa shape index (κ3) is 10.0. The van der Waals surface area contributed by atoms with Crippen molar-refractivity contribution in [2.75, 3.05) is 20.1 Å². The second-order valence-corrected chi connectivity index (χ2v) is 7.14. The van der Waals surface area contributed by atoms with Gasteiger partial charge in [0.2, 0.25) is 11.9 Å². The number of carbonyl (C=O) groups excluding carboxylic acids is 3. The molecule has 1 aliphatic heterocycles. The van der Waals surface area contributed by atoms with E-state index in [0.29, 0.717) is 17.7 Å². The molecule has 1 N–H and O–H groups in total. The van der Waals surface area contributed by atoms with Gasteiger partial charge in [0.05, 0.1) is 6.61 Å². The fourth-order valence-corrected chi connectivity index (χ4v) is 2.24. The highest BCUT2D eigenvalue weighted by atomic mass is 16.6. The molecule has 0 aromatic heterocycles. The smallest absolute Gasteiger partial charge is 0.437 e. The molecule has 1 fully saturated rings. The van der Waals surface area contributed by atoms with E-state index < -0.39 is 43.1 Å². The number of esters is 1. The van der Waals surface area contributed by atoms with Gasteiger partial charge in [-0.2, -0.15) is 0 Å². The summed E-state index contributed by atoms with van der Waals surface area (Å²) in [5, 5.41) is 2.35. The minimum absolute atomic E-state index is 0.145. The standard InChI is InChI=1S/C18H31N3O5/c1-18(2,3)26-17(24)20-16-19-14(22)11-9-7-5-6-8-10-12-25-15(23)13-21(16)4/h5-13H2,1-4H3,(H,19,20,22,24)/i4D3. The lowest BCUT2D eigenvalue weighted by Crippen LogP contribution is -2.45. The van der Waals surface area contributed by atoms with Gasteiger partial charge in [0.15, 0.2) is 0 Å². The average Bonchev–Trinajstić information content (AvgIpc) is 2.54. The highest BCUT2D eigenvalue weighted by molar-refractivity contribution is 6.01. The first kappa shape index (κ1) is 17.3. The number of aliphatic imine (C=N–C) groups is 1. The predicted octanol–water partition coefficient (Wildman–Crippen LogP) is 2.61. The zero-order valence-electron chi connectivity index (χ0n) is 18.8. The molecule has 1 saturated heterocycles. The molecular weight excluding hydrogens is 338 g/mol. The quantitative estimate of drug-likeness (QED) is 0.657. The highest BCUT2D eigenvalue weighted by Crippen LogP contribution is 2.10. The van der Waals surface area contributed by atoms with Crippen molar-refractivity contribution >= 4 is 23.9 Å². The van der Waals surface area contributed by atoms with Crippen molar-refractivity contribution in [3.63, 3.8) is 0 Å². The lowest BCUT2D eigenvalue weighted by Gasteiger charge is -2.22. The predicted molar refractivity (Wildman–Crippen MR) is 97.7 cm³/mol. The summed E-state index contributed by atoms with van der Waals surface area (Å²) < 4.78 is 33.3. The van der Waals surface area contributed by atoms with E-state index in [-0.39, 0.29) is 13.0 Å². The van der Waals surface area contributed by atoms with Gasteiger partial charge in [0.25, 0.3) is 0 Å². The molecule has 8 heteroatoms. The van der Waals surface area contributed by atoms with E-state index in [9.17, 15) is 14.4 Å². The Balaban J connectivity index is 3.16. The van der Waals surface area contributed by atoms with Crippen LogP contribution in [0.5, 0.6) is 0 Å². The normalized spacial score (nSPS) is 22.8. The molecule has 0 aromatic carbocycles. The molecule has 0 spiro atoms. The van der Waals surface area contributed by atoms with Crippen molar-refractivity contribution in [3.8, 4) is 0 Å². The van der Waals surface area contributed by atoms with Gasteiger partial charge in [-0.05, 0) is 33.6 Å². The molecule has 0 bridgehead atoms. The van der Waals surface area contributed by atoms with Gasteiger partial charge in [-0.15, -0.1) is 4.99 Å². The Morgan fingerprint density at radius 3 is 2.50 bits per heavy atom. The Morgan fingerprint density at radius 1 is 1.19 bits per heavy atom. The van der Waals surface area contributed by atoms with Crippen molar-refractivity contribution in [3.05, 3.63) is 0 Å². The van der Waals surface area contributed by atoms with Crippen LogP contribution in [0.15, 0.2) is 4.99 Å². The average molecular weight is 372 g/mol. The summed E-state index contributed by atoms with van der Waals surface area (Å²) in [7, 11) is 0. The molecule has 0 saturated carbocycles. The second kappa shape index (κ2) is 10.8. The molecule has 1 heterocycles. The Labute approximate surface area is 159 Å². The van der Waals surface area contributed by atoms with E-state index in [0.717, 1.165) is 25.7 Å². The molecule has 0 aromatic rings. The van der Waals surface area contributed by atoms with Crippen LogP contribution in [0.2, 0.25) is 0 Å². The monoisotopic (exact) mass is 372 g/mol. The number of ether oxygens (including phenoxy) is 2. The summed E-state index contributed by atoms with van der Waals surface area (Å²) in [5.41, 5.74) is -0.866. The van der Waals surface area contributed by atoms with Gasteiger partial charge in [-0.25, -0.2) is 4.79 Å². The number of nitrogens with zero attached hydrogens (tertiary/aromatic N) is 2. The molecule has 148 valence electrons. The molecule has 0 radical (unpaired) electrons. The van der Waals surface area contributed by atoms with E-state index in [1.807, 2.05) is 0 Å². The molecule has 1 aliphatic rings. The summed E-state index contributed by atoms with van der Waals surface area (Å²) in [4.78, 5) is 40.7. The zero-order valence-corrected chi connectivity index (χ0v) is 15.8. The highest BCUT2D eigenvalue weighted by Gasteiger charge is 2.20. The minimum atomic E-state index is -2.85. The Kier molecular flexibility index (Phi) is 7.17. The number of hydrogen-bond donors (Lipinski definition) is 1. The lowest BCUT2D eigenvalue weighted by atomic mass is 10.1. The molecule has 2 amide bonds. The maximum Gasteiger partial charge on any atom is 0.437 e. The van der Waals surface area contributed by atoms with Crippen LogP contribution in [0.25, 0.3) is 0 Å². The Hall–Kier alpha value is -2.12. The topological polar surface area (TPSA) is 97.3 Å². The van der Waals surface area contributed by atoms with Gasteiger partial charge in [-0.1, -0.05) is 25.7 Å². The van der Waals surface area contributed by atoms with Crippen molar-refractivity contribution in [1.82, 2.24) is 10.2 Å². The first-order valence-corrected chi connectivity index (χ1v) is 8.93. The van der Waals surface area contributed by atoms with Crippen molar-refractivity contribution < 1.29 is 28.0 Å². The summed E-state index contributed by atoms with van der Waals surface area (Å²) in [6.07, 6.45) is 4.00. The largest absolute Gasteiger partial charge is 0.464 e. The maximum absolute atomic E-state index is 12.3. The summed E-state index contributed by atoms with van der Waals surface area (Å²) in [6, 6.07) is 0. The van der Waals surface area contributed by atoms with Crippen molar-refractivity contribution in [2.45, 2.75) is 71.3 Å². The zero-order chi connectivity index (χ0) is 22.1. The first-order valence-electron chi connectivity index (χ1n) is 10.4. The summed E-state index contributed by atoms with van der Waals surface area (Å²) >= 11 is 0. The van der Waals surface area contributed by atoms with Crippen LogP contribution in [0.1, 0.15) is 69.8 Å². The fourth-order valence-electron chi connectivity index (χ4n) is 2.24. The molecular formula is C18H31N3O5. The van der Waals surface area contributed by atoms with Gasteiger partial charge in [-0.3, -0.25) is 14.9 Å². The third-order valence-electron chi connectivity index (χ3n) is 3.45. The van der Waals surface area contributed by atoms with Crippen molar-refractivity contribution in [2.24, 2.45) is 4.99 Å². The Morgan fingerprint density at radius 2 is 1.85 bits per heavy atom. The van der Waals surface area contributed by atoms with Gasteiger partial charge < -0.3 is 14.4 Å². The summed E-state index contributed by atoms with van der Waals surface area (Å²) in [6.45, 7) is 1.51. The molecule has 26 heavy (non-hydrogen) atoms. The van der Waals surface area contributed by atoms with Crippen molar-refractivity contribution in [1.29, 1.82) is 0 Å². The molecule has 0 aliphatic carbocycles. The number of amides is 2. The van der Waals surface area contributed by atoms with E-state index in [4.69, 9.17) is 13.6 Å². The summed E-state index contributed by atoms with van der Waals surface area (Å²) in [5.74, 6) is -1.84. The third-order valence-corrected chi connectivity index (χ3v) is 3.45. The molecule has 0 unspecified atom stereocenters. The van der Waals surface area contributed by atoms with Crippen LogP contribution < -0.4 is 5.32 Å². The van der Waals surface area contributed by atoms with Crippen LogP contribution in [0.3, 0.4) is 0 Å². The van der Waals surface area contributed by atoms with E-state index >= 15 is 0 Å². The minimum Gasteiger partial charge on any atom is -0.464 e. The number of rotatable bonds is 0. The number of likely N-dealkylation sites (N-methyl/N-ethyl adjacent to an activating group) is 1. The molecule has 0 atom stereocenters. The van der Waals surface area contributed by atoms with Crippen LogP contribution in [-0.2, 0) is 19.1 Å². The molecule has 1 rings (SSSR count). The van der Waals surface area contributed by atoms with Crippen LogP contribution in [0.4, 0.5) is 4.79 Å². The van der Waals surface area contributed by atoms with E-state index in [1.54, 1.807) is 20.8 Å². The van der Waals surface area contributed by atoms with Gasteiger partial charge in [0, 0.05) is 17.5 Å². The fraction of sp³-hybridized carbons (Fsp3) is 0.778. The SMILES string of the molecule is [2H]C([2H])([2H])N1CC(=O)OCCCCCCCCC(=O)N/C1=N/C(=O)OC(C)(C)C. The number of guanidine groups is 1. The molecule has 8 nitrogen and oxygen atoms in total. The van der Waals surface area contributed by atoms with Crippen LogP contribution in [-0.4, -0.2) is 54.6 Å². The number of nitrogens with one attached hydrogen (secondary N) is 1. The second-order valence-electron chi connectivity index (χ2n) is 7.14. The number of carbonyl (C=O) groups is 3. The lowest BCUT2D eigenvalue weighted by molar-refractivity contribution is -0.144. The van der Waals surface area contributed by atoms with Crippen LogP contribution in [0, 0.1) is 0 Å². The van der Waals surface area contributed by atoms with Gasteiger partial charge >= 0.3 is 12.1 Å².